The number of rotatable bonds is 2. The average Bonchev–Trinajstić information content (AvgIpc) is 2.03. The average molecular weight is 152 g/mol. The molecule has 0 spiro atoms. The zero-order valence-electron chi connectivity index (χ0n) is 6.20. The van der Waals surface area contributed by atoms with Crippen molar-refractivity contribution < 1.29 is 5.11 Å². The summed E-state index contributed by atoms with van der Waals surface area (Å²) < 4.78 is 0. The van der Waals surface area contributed by atoms with E-state index in [1.165, 1.54) is 0 Å². The summed E-state index contributed by atoms with van der Waals surface area (Å²) in [5.74, 6) is 0.228. The third-order valence-electron chi connectivity index (χ3n) is 1.55. The monoisotopic (exact) mass is 152 g/mol. The van der Waals surface area contributed by atoms with Crippen LogP contribution in [0.2, 0.25) is 0 Å². The Kier molecular flexibility index (Phi) is 2.46. The Hall–Kier alpha value is -1.06. The van der Waals surface area contributed by atoms with Gasteiger partial charge in [0, 0.05) is 12.6 Å². The van der Waals surface area contributed by atoms with Gasteiger partial charge in [0.2, 0.25) is 0 Å². The van der Waals surface area contributed by atoms with Crippen molar-refractivity contribution in [2.45, 2.75) is 6.04 Å². The number of phenolic OH excluding ortho intramolecular Hbond substituents is 1. The molecule has 0 amide bonds. The highest BCUT2D eigenvalue weighted by Gasteiger charge is 2.02. The van der Waals surface area contributed by atoms with Crippen LogP contribution in [0, 0.1) is 0 Å². The van der Waals surface area contributed by atoms with Gasteiger partial charge in [0.25, 0.3) is 0 Å². The van der Waals surface area contributed by atoms with Crippen LogP contribution in [0.1, 0.15) is 11.6 Å². The molecule has 0 aliphatic carbocycles. The van der Waals surface area contributed by atoms with E-state index in [0.29, 0.717) is 6.54 Å². The molecule has 0 saturated carbocycles. The molecule has 3 nitrogen and oxygen atoms in total. The van der Waals surface area contributed by atoms with E-state index in [2.05, 4.69) is 0 Å². The van der Waals surface area contributed by atoms with Crippen LogP contribution in [0.5, 0.6) is 5.75 Å². The van der Waals surface area contributed by atoms with Crippen LogP contribution in [-0.4, -0.2) is 11.7 Å². The molecule has 0 aliphatic rings. The molecule has 5 N–H and O–H groups in total. The Labute approximate surface area is 65.6 Å². The third kappa shape index (κ3) is 1.93. The summed E-state index contributed by atoms with van der Waals surface area (Å²) >= 11 is 0. The van der Waals surface area contributed by atoms with Gasteiger partial charge in [0.1, 0.15) is 5.75 Å². The Morgan fingerprint density at radius 2 is 2.18 bits per heavy atom. The lowest BCUT2D eigenvalue weighted by Gasteiger charge is -2.08. The van der Waals surface area contributed by atoms with Gasteiger partial charge in [-0.25, -0.2) is 0 Å². The minimum absolute atomic E-state index is 0.179. The fraction of sp³-hybridized carbons (Fsp3) is 0.250. The summed E-state index contributed by atoms with van der Waals surface area (Å²) in [5.41, 5.74) is 11.8. The lowest BCUT2D eigenvalue weighted by Crippen LogP contribution is -2.20. The normalized spacial score (nSPS) is 12.9. The van der Waals surface area contributed by atoms with Crippen molar-refractivity contribution in [3.8, 4) is 5.75 Å². The van der Waals surface area contributed by atoms with Crippen molar-refractivity contribution in [1.29, 1.82) is 0 Å². The smallest absolute Gasteiger partial charge is 0.115 e. The maximum atomic E-state index is 9.06. The molecule has 1 unspecified atom stereocenters. The van der Waals surface area contributed by atoms with Gasteiger partial charge in [-0.05, 0) is 17.7 Å². The molecule has 0 saturated heterocycles. The van der Waals surface area contributed by atoms with Gasteiger partial charge in [-0.15, -0.1) is 0 Å². The van der Waals surface area contributed by atoms with E-state index >= 15 is 0 Å². The number of phenols is 1. The van der Waals surface area contributed by atoms with Crippen LogP contribution in [0.4, 0.5) is 0 Å². The van der Waals surface area contributed by atoms with Gasteiger partial charge in [0.15, 0.2) is 0 Å². The van der Waals surface area contributed by atoms with Crippen LogP contribution in [0.3, 0.4) is 0 Å². The van der Waals surface area contributed by atoms with E-state index in [-0.39, 0.29) is 11.8 Å². The molecule has 1 aromatic rings. The molecule has 0 heterocycles. The van der Waals surface area contributed by atoms with E-state index in [9.17, 15) is 0 Å². The van der Waals surface area contributed by atoms with Crippen molar-refractivity contribution in [3.05, 3.63) is 29.8 Å². The lowest BCUT2D eigenvalue weighted by atomic mass is 10.1. The number of nitrogens with two attached hydrogens (primary N) is 2. The Bertz CT molecular complexity index is 237. The van der Waals surface area contributed by atoms with Crippen LogP contribution in [-0.2, 0) is 0 Å². The van der Waals surface area contributed by atoms with Gasteiger partial charge >= 0.3 is 0 Å². The second kappa shape index (κ2) is 3.37. The second-order valence-electron chi connectivity index (χ2n) is 2.44. The summed E-state index contributed by atoms with van der Waals surface area (Å²) in [6, 6.07) is 6.64. The SMILES string of the molecule is NCC(N)c1cccc(O)c1. The fourth-order valence-corrected chi connectivity index (χ4v) is 0.892. The first-order chi connectivity index (χ1) is 5.24. The van der Waals surface area contributed by atoms with Gasteiger partial charge in [-0.3, -0.25) is 0 Å². The van der Waals surface area contributed by atoms with Crippen molar-refractivity contribution in [3.63, 3.8) is 0 Å². The van der Waals surface area contributed by atoms with Crippen LogP contribution >= 0.6 is 0 Å². The molecule has 0 aliphatic heterocycles. The molecule has 0 aromatic heterocycles. The molecule has 60 valence electrons. The zero-order chi connectivity index (χ0) is 8.27. The first-order valence-corrected chi connectivity index (χ1v) is 3.48. The summed E-state index contributed by atoms with van der Waals surface area (Å²) in [6.45, 7) is 0.392. The highest BCUT2D eigenvalue weighted by atomic mass is 16.3. The van der Waals surface area contributed by atoms with E-state index < -0.39 is 0 Å². The quantitative estimate of drug-likeness (QED) is 0.572. The maximum Gasteiger partial charge on any atom is 0.115 e. The van der Waals surface area contributed by atoms with Crippen molar-refractivity contribution in [2.24, 2.45) is 11.5 Å². The highest BCUT2D eigenvalue weighted by Crippen LogP contribution is 2.15. The molecule has 3 heteroatoms. The van der Waals surface area contributed by atoms with E-state index in [0.717, 1.165) is 5.56 Å². The van der Waals surface area contributed by atoms with Gasteiger partial charge in [0.05, 0.1) is 0 Å². The molecule has 1 atom stereocenters. The molecule has 0 radical (unpaired) electrons. The fourth-order valence-electron chi connectivity index (χ4n) is 0.892. The standard InChI is InChI=1S/C8H12N2O/c9-5-8(10)6-2-1-3-7(11)4-6/h1-4,8,11H,5,9-10H2. The molecule has 11 heavy (non-hydrogen) atoms. The van der Waals surface area contributed by atoms with Crippen LogP contribution < -0.4 is 11.5 Å². The maximum absolute atomic E-state index is 9.06. The first-order valence-electron chi connectivity index (χ1n) is 3.48. The number of hydrogen-bond donors (Lipinski definition) is 3. The van der Waals surface area contributed by atoms with Crippen molar-refractivity contribution in [1.82, 2.24) is 0 Å². The van der Waals surface area contributed by atoms with Crippen molar-refractivity contribution >= 4 is 0 Å². The van der Waals surface area contributed by atoms with Crippen molar-refractivity contribution in [2.75, 3.05) is 6.54 Å². The summed E-state index contributed by atoms with van der Waals surface area (Å²) in [6.07, 6.45) is 0. The van der Waals surface area contributed by atoms with Gasteiger partial charge < -0.3 is 16.6 Å². The Balaban J connectivity index is 2.86. The predicted molar refractivity (Wildman–Crippen MR) is 44.1 cm³/mol. The number of benzene rings is 1. The minimum atomic E-state index is -0.179. The highest BCUT2D eigenvalue weighted by molar-refractivity contribution is 5.29. The Morgan fingerprint density at radius 3 is 2.73 bits per heavy atom. The number of aromatic hydroxyl groups is 1. The van der Waals surface area contributed by atoms with Crippen LogP contribution in [0.25, 0.3) is 0 Å². The van der Waals surface area contributed by atoms with Crippen LogP contribution in [0.15, 0.2) is 24.3 Å². The summed E-state index contributed by atoms with van der Waals surface area (Å²) in [4.78, 5) is 0. The third-order valence-corrected chi connectivity index (χ3v) is 1.55. The largest absolute Gasteiger partial charge is 0.508 e. The predicted octanol–water partition coefficient (Wildman–Crippen LogP) is 0.351. The molecule has 1 rings (SSSR count). The first kappa shape index (κ1) is 8.04. The Morgan fingerprint density at radius 1 is 1.45 bits per heavy atom. The van der Waals surface area contributed by atoms with E-state index in [4.69, 9.17) is 16.6 Å². The zero-order valence-corrected chi connectivity index (χ0v) is 6.20. The molecular weight excluding hydrogens is 140 g/mol. The molecule has 0 fully saturated rings. The lowest BCUT2D eigenvalue weighted by molar-refractivity contribution is 0.473. The number of hydrogen-bond acceptors (Lipinski definition) is 3. The topological polar surface area (TPSA) is 72.3 Å². The van der Waals surface area contributed by atoms with Gasteiger partial charge in [-0.1, -0.05) is 12.1 Å². The van der Waals surface area contributed by atoms with E-state index in [1.807, 2.05) is 6.07 Å². The summed E-state index contributed by atoms with van der Waals surface area (Å²) in [7, 11) is 0. The molecular formula is C8H12N2O. The van der Waals surface area contributed by atoms with E-state index in [1.54, 1.807) is 18.2 Å². The van der Waals surface area contributed by atoms with Gasteiger partial charge in [-0.2, -0.15) is 0 Å². The second-order valence-corrected chi connectivity index (χ2v) is 2.44. The summed E-state index contributed by atoms with van der Waals surface area (Å²) in [5, 5.41) is 9.06. The molecule has 1 aromatic carbocycles. The minimum Gasteiger partial charge on any atom is -0.508 e. The molecule has 0 bridgehead atoms.